The fourth-order valence-corrected chi connectivity index (χ4v) is 1.93. The minimum absolute atomic E-state index is 0.0867. The normalized spacial score (nSPS) is 10.6. The number of benzene rings is 1. The van der Waals surface area contributed by atoms with Gasteiger partial charge in [-0.05, 0) is 38.5 Å². The van der Waals surface area contributed by atoms with Crippen LogP contribution in [0.1, 0.15) is 35.6 Å². The highest BCUT2D eigenvalue weighted by Gasteiger charge is 2.20. The maximum atomic E-state index is 12.5. The summed E-state index contributed by atoms with van der Waals surface area (Å²) in [5, 5.41) is 7.93. The second-order valence-electron chi connectivity index (χ2n) is 5.07. The summed E-state index contributed by atoms with van der Waals surface area (Å²) < 4.78 is 0. The van der Waals surface area contributed by atoms with Crippen LogP contribution in [0.3, 0.4) is 0 Å². The van der Waals surface area contributed by atoms with E-state index in [0.29, 0.717) is 12.2 Å². The molecule has 0 saturated heterocycles. The molecule has 0 radical (unpaired) electrons. The van der Waals surface area contributed by atoms with Crippen molar-refractivity contribution in [2.24, 2.45) is 0 Å². The van der Waals surface area contributed by atoms with Gasteiger partial charge in [-0.15, -0.1) is 5.10 Å². The Labute approximate surface area is 119 Å². The average molecular weight is 269 g/mol. The van der Waals surface area contributed by atoms with Gasteiger partial charge < -0.3 is 4.90 Å². The molecule has 0 bridgehead atoms. The molecule has 2 aromatic rings. The summed E-state index contributed by atoms with van der Waals surface area (Å²) in [6.07, 6.45) is 0. The first-order chi connectivity index (χ1) is 9.58. The zero-order chi connectivity index (χ0) is 14.5. The molecule has 104 valence electrons. The van der Waals surface area contributed by atoms with Crippen LogP contribution in [-0.4, -0.2) is 27.0 Å². The largest absolute Gasteiger partial charge is 0.331 e. The Bertz CT molecular complexity index is 564. The van der Waals surface area contributed by atoms with Crippen molar-refractivity contribution in [1.29, 1.82) is 0 Å². The van der Waals surface area contributed by atoms with Gasteiger partial charge in [-0.2, -0.15) is 5.10 Å². The van der Waals surface area contributed by atoms with Crippen molar-refractivity contribution < 1.29 is 4.79 Å². The van der Waals surface area contributed by atoms with Crippen molar-refractivity contribution >= 4 is 5.91 Å². The molecular formula is C16H19N3O. The molecular weight excluding hydrogens is 250 g/mol. The van der Waals surface area contributed by atoms with E-state index in [-0.39, 0.29) is 11.9 Å². The van der Waals surface area contributed by atoms with Crippen molar-refractivity contribution in [1.82, 2.24) is 15.1 Å². The van der Waals surface area contributed by atoms with Gasteiger partial charge in [0.05, 0.1) is 5.69 Å². The number of aromatic nitrogens is 2. The topological polar surface area (TPSA) is 46.1 Å². The summed E-state index contributed by atoms with van der Waals surface area (Å²) in [6.45, 7) is 6.43. The summed E-state index contributed by atoms with van der Waals surface area (Å²) in [5.74, 6) is -0.0867. The third-order valence-electron chi connectivity index (χ3n) is 3.10. The fourth-order valence-electron chi connectivity index (χ4n) is 1.93. The molecule has 4 nitrogen and oxygen atoms in total. The third-order valence-corrected chi connectivity index (χ3v) is 3.10. The van der Waals surface area contributed by atoms with E-state index >= 15 is 0 Å². The number of aryl methyl sites for hydroxylation is 1. The second kappa shape index (κ2) is 6.28. The molecule has 0 aliphatic rings. The highest BCUT2D eigenvalue weighted by molar-refractivity contribution is 5.92. The number of hydrogen-bond donors (Lipinski definition) is 0. The standard InChI is InChI=1S/C16H19N3O/c1-12(2)19(11-14-7-5-4-6-8-14)16(20)15-10-9-13(3)17-18-15/h4-10,12H,11H2,1-3H3. The molecule has 0 N–H and O–H groups in total. The van der Waals surface area contributed by atoms with Gasteiger partial charge >= 0.3 is 0 Å². The summed E-state index contributed by atoms with van der Waals surface area (Å²) in [4.78, 5) is 14.3. The van der Waals surface area contributed by atoms with Crippen LogP contribution in [0.4, 0.5) is 0 Å². The first kappa shape index (κ1) is 14.2. The Hall–Kier alpha value is -2.23. The number of amides is 1. The first-order valence-electron chi connectivity index (χ1n) is 6.73. The minimum atomic E-state index is -0.0867. The van der Waals surface area contributed by atoms with Gasteiger partial charge in [0.25, 0.3) is 5.91 Å². The number of nitrogens with zero attached hydrogens (tertiary/aromatic N) is 3. The molecule has 2 rings (SSSR count). The molecule has 0 atom stereocenters. The van der Waals surface area contributed by atoms with Gasteiger partial charge in [0.2, 0.25) is 0 Å². The lowest BCUT2D eigenvalue weighted by Gasteiger charge is -2.26. The van der Waals surface area contributed by atoms with Gasteiger partial charge in [-0.3, -0.25) is 4.79 Å². The smallest absolute Gasteiger partial charge is 0.274 e. The molecule has 0 unspecified atom stereocenters. The van der Waals surface area contributed by atoms with Crippen molar-refractivity contribution in [3.63, 3.8) is 0 Å². The Kier molecular flexibility index (Phi) is 4.45. The van der Waals surface area contributed by atoms with Gasteiger partial charge in [-0.25, -0.2) is 0 Å². The highest BCUT2D eigenvalue weighted by Crippen LogP contribution is 2.12. The summed E-state index contributed by atoms with van der Waals surface area (Å²) in [6, 6.07) is 13.6. The van der Waals surface area contributed by atoms with Gasteiger partial charge in [0.1, 0.15) is 0 Å². The predicted molar refractivity (Wildman–Crippen MR) is 78.2 cm³/mol. The van der Waals surface area contributed by atoms with Crippen LogP contribution in [0, 0.1) is 6.92 Å². The predicted octanol–water partition coefficient (Wildman–Crippen LogP) is 2.84. The molecule has 20 heavy (non-hydrogen) atoms. The lowest BCUT2D eigenvalue weighted by molar-refractivity contribution is 0.0683. The Morgan fingerprint density at radius 2 is 1.80 bits per heavy atom. The van der Waals surface area contributed by atoms with E-state index < -0.39 is 0 Å². The van der Waals surface area contributed by atoms with Crippen molar-refractivity contribution in [3.8, 4) is 0 Å². The molecule has 0 saturated carbocycles. The second-order valence-corrected chi connectivity index (χ2v) is 5.07. The molecule has 0 spiro atoms. The van der Waals surface area contributed by atoms with Gasteiger partial charge in [0.15, 0.2) is 5.69 Å². The summed E-state index contributed by atoms with van der Waals surface area (Å²) >= 11 is 0. The van der Waals surface area contributed by atoms with Crippen molar-refractivity contribution in [2.75, 3.05) is 0 Å². The van der Waals surface area contributed by atoms with E-state index in [4.69, 9.17) is 0 Å². The zero-order valence-corrected chi connectivity index (χ0v) is 12.1. The van der Waals surface area contributed by atoms with Crippen LogP contribution in [0.2, 0.25) is 0 Å². The fraction of sp³-hybridized carbons (Fsp3) is 0.312. The Morgan fingerprint density at radius 1 is 1.10 bits per heavy atom. The number of carbonyl (C=O) groups excluding carboxylic acids is 1. The molecule has 0 fully saturated rings. The summed E-state index contributed by atoms with van der Waals surface area (Å²) in [7, 11) is 0. The maximum absolute atomic E-state index is 12.5. The van der Waals surface area contributed by atoms with E-state index in [1.54, 1.807) is 17.0 Å². The van der Waals surface area contributed by atoms with Crippen LogP contribution >= 0.6 is 0 Å². The van der Waals surface area contributed by atoms with E-state index in [2.05, 4.69) is 10.2 Å². The van der Waals surface area contributed by atoms with Crippen LogP contribution in [0.5, 0.6) is 0 Å². The lowest BCUT2D eigenvalue weighted by atomic mass is 10.1. The van der Waals surface area contributed by atoms with Crippen molar-refractivity contribution in [2.45, 2.75) is 33.4 Å². The van der Waals surface area contributed by atoms with E-state index in [1.165, 1.54) is 0 Å². The molecule has 1 aromatic carbocycles. The molecule has 0 aliphatic carbocycles. The Balaban J connectivity index is 2.20. The molecule has 4 heteroatoms. The monoisotopic (exact) mass is 269 g/mol. The maximum Gasteiger partial charge on any atom is 0.274 e. The number of hydrogen-bond acceptors (Lipinski definition) is 3. The quantitative estimate of drug-likeness (QED) is 0.857. The third kappa shape index (κ3) is 3.41. The zero-order valence-electron chi connectivity index (χ0n) is 12.1. The van der Waals surface area contributed by atoms with Crippen LogP contribution in [-0.2, 0) is 6.54 Å². The summed E-state index contributed by atoms with van der Waals surface area (Å²) in [5.41, 5.74) is 2.30. The van der Waals surface area contributed by atoms with E-state index in [0.717, 1.165) is 11.3 Å². The first-order valence-corrected chi connectivity index (χ1v) is 6.73. The van der Waals surface area contributed by atoms with Crippen molar-refractivity contribution in [3.05, 3.63) is 59.4 Å². The highest BCUT2D eigenvalue weighted by atomic mass is 16.2. The van der Waals surface area contributed by atoms with E-state index in [9.17, 15) is 4.79 Å². The lowest BCUT2D eigenvalue weighted by Crippen LogP contribution is -2.37. The number of carbonyl (C=O) groups is 1. The van der Waals surface area contributed by atoms with Gasteiger partial charge in [0, 0.05) is 12.6 Å². The van der Waals surface area contributed by atoms with Gasteiger partial charge in [-0.1, -0.05) is 30.3 Å². The van der Waals surface area contributed by atoms with E-state index in [1.807, 2.05) is 51.1 Å². The molecule has 1 aromatic heterocycles. The number of rotatable bonds is 4. The van der Waals surface area contributed by atoms with Crippen LogP contribution < -0.4 is 0 Å². The minimum Gasteiger partial charge on any atom is -0.331 e. The Morgan fingerprint density at radius 3 is 2.35 bits per heavy atom. The average Bonchev–Trinajstić information content (AvgIpc) is 2.45. The van der Waals surface area contributed by atoms with Crippen LogP contribution in [0.15, 0.2) is 42.5 Å². The molecule has 1 heterocycles. The molecule has 1 amide bonds. The SMILES string of the molecule is Cc1ccc(C(=O)N(Cc2ccccc2)C(C)C)nn1. The van der Waals surface area contributed by atoms with Crippen LogP contribution in [0.25, 0.3) is 0 Å². The molecule has 0 aliphatic heterocycles.